The number of aryl methyl sites for hydroxylation is 2. The predicted molar refractivity (Wildman–Crippen MR) is 85.5 cm³/mol. The minimum atomic E-state index is -0.778. The van der Waals surface area contributed by atoms with Crippen LogP contribution in [0.1, 0.15) is 38.8 Å². The lowest BCUT2D eigenvalue weighted by Crippen LogP contribution is -2.31. The lowest BCUT2D eigenvalue weighted by Gasteiger charge is -2.12. The van der Waals surface area contributed by atoms with Crippen molar-refractivity contribution < 1.29 is 19.1 Å². The van der Waals surface area contributed by atoms with Gasteiger partial charge in [-0.3, -0.25) is 0 Å². The lowest BCUT2D eigenvalue weighted by molar-refractivity contribution is -0.144. The average molecular weight is 305 g/mol. The van der Waals surface area contributed by atoms with Gasteiger partial charge in [-0.25, -0.2) is 14.6 Å². The van der Waals surface area contributed by atoms with Crippen molar-refractivity contribution in [3.8, 4) is 0 Å². The maximum absolute atomic E-state index is 12.1. The van der Waals surface area contributed by atoms with E-state index >= 15 is 0 Å². The van der Waals surface area contributed by atoms with E-state index in [1.54, 1.807) is 39.8 Å². The fourth-order valence-electron chi connectivity index (χ4n) is 1.86. The molecule has 0 unspecified atom stereocenters. The van der Waals surface area contributed by atoms with Crippen LogP contribution in [0.15, 0.2) is 23.2 Å². The van der Waals surface area contributed by atoms with Gasteiger partial charge in [0.1, 0.15) is 0 Å². The Balaban J connectivity index is 3.20. The zero-order valence-corrected chi connectivity index (χ0v) is 14.0. The lowest BCUT2D eigenvalue weighted by atomic mass is 10.1. The molecule has 0 saturated heterocycles. The molecule has 1 aromatic rings. The summed E-state index contributed by atoms with van der Waals surface area (Å²) in [5.74, 6) is -1.56. The van der Waals surface area contributed by atoms with Crippen LogP contribution in [0, 0.1) is 13.8 Å². The van der Waals surface area contributed by atoms with Crippen LogP contribution < -0.4 is 0 Å². The molecule has 1 aromatic carbocycles. The third-order valence-electron chi connectivity index (χ3n) is 2.52. The fraction of sp³-hybridized carbons (Fsp3) is 0.471. The van der Waals surface area contributed by atoms with Crippen LogP contribution in [0.2, 0.25) is 0 Å². The van der Waals surface area contributed by atoms with E-state index in [4.69, 9.17) is 9.47 Å². The Morgan fingerprint density at radius 1 is 0.864 bits per heavy atom. The summed E-state index contributed by atoms with van der Waals surface area (Å²) < 4.78 is 10.2. The molecule has 22 heavy (non-hydrogen) atoms. The molecule has 0 aromatic heterocycles. The van der Waals surface area contributed by atoms with Crippen LogP contribution in [-0.4, -0.2) is 29.9 Å². The van der Waals surface area contributed by atoms with E-state index in [9.17, 15) is 9.59 Å². The van der Waals surface area contributed by atoms with Crippen LogP contribution in [0.25, 0.3) is 0 Å². The summed E-state index contributed by atoms with van der Waals surface area (Å²) >= 11 is 0. The fourth-order valence-corrected chi connectivity index (χ4v) is 1.86. The van der Waals surface area contributed by atoms with Crippen LogP contribution in [0.4, 0.5) is 5.69 Å². The van der Waals surface area contributed by atoms with Crippen LogP contribution in [0.3, 0.4) is 0 Å². The van der Waals surface area contributed by atoms with Gasteiger partial charge in [-0.1, -0.05) is 6.07 Å². The topological polar surface area (TPSA) is 65.0 Å². The molecule has 0 aliphatic heterocycles. The Morgan fingerprint density at radius 3 is 1.64 bits per heavy atom. The minimum absolute atomic E-state index is 0.340. The second kappa shape index (κ2) is 7.73. The number of carbonyl (C=O) groups is 2. The van der Waals surface area contributed by atoms with Gasteiger partial charge in [-0.05, 0) is 64.8 Å². The Morgan fingerprint density at radius 2 is 1.27 bits per heavy atom. The highest BCUT2D eigenvalue weighted by atomic mass is 16.6. The van der Waals surface area contributed by atoms with E-state index in [0.717, 1.165) is 11.1 Å². The predicted octanol–water partition coefficient (Wildman–Crippen LogP) is 3.28. The van der Waals surface area contributed by atoms with Gasteiger partial charge in [0.15, 0.2) is 0 Å². The van der Waals surface area contributed by atoms with E-state index in [-0.39, 0.29) is 17.9 Å². The highest BCUT2D eigenvalue weighted by Crippen LogP contribution is 2.18. The standard InChI is InChI=1S/C17H23NO4/c1-10(2)21-16(19)15(17(20)22-11(3)4)18-14-8-12(5)7-13(6)9-14/h7-11H,1-6H3. The van der Waals surface area contributed by atoms with E-state index < -0.39 is 11.9 Å². The quantitative estimate of drug-likeness (QED) is 0.476. The first-order valence-electron chi connectivity index (χ1n) is 7.28. The van der Waals surface area contributed by atoms with Crippen LogP contribution in [-0.2, 0) is 19.1 Å². The highest BCUT2D eigenvalue weighted by Gasteiger charge is 2.25. The summed E-state index contributed by atoms with van der Waals surface area (Å²) in [6, 6.07) is 5.56. The van der Waals surface area contributed by atoms with E-state index in [1.807, 2.05) is 19.9 Å². The van der Waals surface area contributed by atoms with Gasteiger partial charge < -0.3 is 9.47 Å². The number of hydrogen-bond donors (Lipinski definition) is 0. The highest BCUT2D eigenvalue weighted by molar-refractivity contribution is 6.63. The second-order valence-electron chi connectivity index (χ2n) is 5.71. The number of aliphatic imine (C=N–C) groups is 1. The molecule has 0 saturated carbocycles. The molecule has 0 aliphatic rings. The molecule has 5 nitrogen and oxygen atoms in total. The number of benzene rings is 1. The molecule has 0 fully saturated rings. The number of hydrogen-bond acceptors (Lipinski definition) is 5. The molecule has 1 rings (SSSR count). The summed E-state index contributed by atoms with van der Waals surface area (Å²) in [6.45, 7) is 10.7. The molecule has 0 bridgehead atoms. The third kappa shape index (κ3) is 5.68. The van der Waals surface area contributed by atoms with Gasteiger partial charge in [0.05, 0.1) is 17.9 Å². The van der Waals surface area contributed by atoms with Gasteiger partial charge in [-0.15, -0.1) is 0 Å². The summed E-state index contributed by atoms with van der Waals surface area (Å²) in [7, 11) is 0. The van der Waals surface area contributed by atoms with Crippen LogP contribution >= 0.6 is 0 Å². The van der Waals surface area contributed by atoms with Gasteiger partial charge in [0.25, 0.3) is 0 Å². The smallest absolute Gasteiger partial charge is 0.364 e. The molecule has 0 aliphatic carbocycles. The minimum Gasteiger partial charge on any atom is -0.458 e. The Hall–Kier alpha value is -2.17. The van der Waals surface area contributed by atoms with Crippen molar-refractivity contribution in [1.82, 2.24) is 0 Å². The zero-order chi connectivity index (χ0) is 16.9. The van der Waals surface area contributed by atoms with Crippen molar-refractivity contribution in [3.05, 3.63) is 29.3 Å². The van der Waals surface area contributed by atoms with Crippen molar-refractivity contribution in [2.24, 2.45) is 4.99 Å². The van der Waals surface area contributed by atoms with Crippen molar-refractivity contribution >= 4 is 23.3 Å². The molecular formula is C17H23NO4. The largest absolute Gasteiger partial charge is 0.458 e. The molecule has 5 heteroatoms. The number of esters is 2. The van der Waals surface area contributed by atoms with E-state index in [0.29, 0.717) is 5.69 Å². The molecule has 0 N–H and O–H groups in total. The average Bonchev–Trinajstić information content (AvgIpc) is 2.32. The zero-order valence-electron chi connectivity index (χ0n) is 14.0. The summed E-state index contributed by atoms with van der Waals surface area (Å²) in [4.78, 5) is 28.3. The van der Waals surface area contributed by atoms with E-state index in [2.05, 4.69) is 4.99 Å². The van der Waals surface area contributed by atoms with Gasteiger partial charge in [-0.2, -0.15) is 0 Å². The van der Waals surface area contributed by atoms with E-state index in [1.165, 1.54) is 0 Å². The molecule has 0 amide bonds. The summed E-state index contributed by atoms with van der Waals surface area (Å²) in [6.07, 6.45) is -0.687. The third-order valence-corrected chi connectivity index (χ3v) is 2.52. The molecule has 0 radical (unpaired) electrons. The van der Waals surface area contributed by atoms with Crippen molar-refractivity contribution in [2.75, 3.05) is 0 Å². The second-order valence-corrected chi connectivity index (χ2v) is 5.71. The van der Waals surface area contributed by atoms with Crippen molar-refractivity contribution in [1.29, 1.82) is 0 Å². The Kier molecular flexibility index (Phi) is 6.28. The van der Waals surface area contributed by atoms with Crippen molar-refractivity contribution in [3.63, 3.8) is 0 Å². The number of rotatable bonds is 5. The molecule has 120 valence electrons. The number of ether oxygens (including phenoxy) is 2. The number of carbonyl (C=O) groups excluding carboxylic acids is 2. The monoisotopic (exact) mass is 305 g/mol. The molecular weight excluding hydrogens is 282 g/mol. The Bertz CT molecular complexity index is 544. The summed E-state index contributed by atoms with van der Waals surface area (Å²) in [5.41, 5.74) is 2.17. The molecule has 0 atom stereocenters. The van der Waals surface area contributed by atoms with Crippen molar-refractivity contribution in [2.45, 2.75) is 53.8 Å². The normalized spacial score (nSPS) is 10.5. The Labute approximate surface area is 131 Å². The molecule has 0 heterocycles. The first-order chi connectivity index (χ1) is 10.2. The maximum Gasteiger partial charge on any atom is 0.364 e. The van der Waals surface area contributed by atoms with Gasteiger partial charge >= 0.3 is 11.9 Å². The molecule has 0 spiro atoms. The summed E-state index contributed by atoms with van der Waals surface area (Å²) in [5, 5.41) is 0. The maximum atomic E-state index is 12.1. The van der Waals surface area contributed by atoms with Crippen LogP contribution in [0.5, 0.6) is 0 Å². The SMILES string of the molecule is Cc1cc(C)cc(N=C(C(=O)OC(C)C)C(=O)OC(C)C)c1. The first-order valence-corrected chi connectivity index (χ1v) is 7.28. The van der Waals surface area contributed by atoms with Gasteiger partial charge in [0.2, 0.25) is 5.71 Å². The number of nitrogens with zero attached hydrogens (tertiary/aromatic N) is 1. The van der Waals surface area contributed by atoms with Gasteiger partial charge in [0, 0.05) is 0 Å². The first kappa shape index (κ1) is 17.9.